The minimum absolute atomic E-state index is 1.34. The van der Waals surface area contributed by atoms with Crippen molar-refractivity contribution >= 4 is 6.16 Å². The average Bonchev–Trinajstić information content (AvgIpc) is 1.66. The van der Waals surface area contributed by atoms with Gasteiger partial charge in [-0.2, -0.15) is 0 Å². The fourth-order valence-electron chi connectivity index (χ4n) is 0.354. The van der Waals surface area contributed by atoms with Gasteiger partial charge in [0, 0.05) is 0 Å². The molecule has 0 atom stereocenters. The van der Waals surface area contributed by atoms with Crippen molar-refractivity contribution in [1.82, 2.24) is 0 Å². The molecule has 0 aliphatic rings. The maximum Gasteiger partial charge on any atom is 0.503 e. The van der Waals surface area contributed by atoms with E-state index in [1.807, 2.05) is 0 Å². The standard InChI is InChI=1S/C5H12.CH2O3/c1-3-5-4-2;2-1(3)4/h3-5H2,1-2H3;(H2,2,3,4). The molecule has 0 spiro atoms. The van der Waals surface area contributed by atoms with E-state index in [0.717, 1.165) is 0 Å². The van der Waals surface area contributed by atoms with Gasteiger partial charge in [-0.25, -0.2) is 4.79 Å². The van der Waals surface area contributed by atoms with Crippen molar-refractivity contribution in [2.45, 2.75) is 33.1 Å². The Balaban J connectivity index is 0. The fraction of sp³-hybridized carbons (Fsp3) is 0.833. The first-order valence-corrected chi connectivity index (χ1v) is 3.07. The molecule has 0 amide bonds. The highest BCUT2D eigenvalue weighted by Crippen LogP contribution is 1.88. The van der Waals surface area contributed by atoms with Crippen LogP contribution in [0.1, 0.15) is 33.1 Å². The zero-order chi connectivity index (χ0) is 7.70. The van der Waals surface area contributed by atoms with E-state index in [2.05, 4.69) is 13.8 Å². The van der Waals surface area contributed by atoms with Gasteiger partial charge in [-0.1, -0.05) is 33.1 Å². The minimum Gasteiger partial charge on any atom is -0.450 e. The number of rotatable bonds is 2. The SMILES string of the molecule is CCCCC.O=C(O)O. The van der Waals surface area contributed by atoms with Gasteiger partial charge in [-0.05, 0) is 0 Å². The molecule has 3 heteroatoms. The minimum atomic E-state index is -1.83. The molecule has 0 aromatic carbocycles. The summed E-state index contributed by atoms with van der Waals surface area (Å²) in [7, 11) is 0. The van der Waals surface area contributed by atoms with Crippen LogP contribution in [0, 0.1) is 0 Å². The molecule has 0 bridgehead atoms. The second-order valence-electron chi connectivity index (χ2n) is 1.64. The van der Waals surface area contributed by atoms with Crippen LogP contribution in [0.4, 0.5) is 4.79 Å². The molecule has 0 aliphatic heterocycles. The summed E-state index contributed by atoms with van der Waals surface area (Å²) in [5.74, 6) is 0. The Labute approximate surface area is 55.3 Å². The molecule has 2 N–H and O–H groups in total. The third-order valence-corrected chi connectivity index (χ3v) is 0.707. The van der Waals surface area contributed by atoms with Gasteiger partial charge in [0.05, 0.1) is 0 Å². The molecule has 0 aromatic heterocycles. The predicted octanol–water partition coefficient (Wildman–Crippen LogP) is 2.42. The molecule has 0 aliphatic carbocycles. The zero-order valence-corrected chi connectivity index (χ0v) is 5.92. The molecule has 3 nitrogen and oxygen atoms in total. The number of unbranched alkanes of at least 4 members (excludes halogenated alkanes) is 2. The van der Waals surface area contributed by atoms with E-state index < -0.39 is 6.16 Å². The quantitative estimate of drug-likeness (QED) is 0.609. The van der Waals surface area contributed by atoms with Crippen molar-refractivity contribution in [3.8, 4) is 0 Å². The lowest BCUT2D eigenvalue weighted by Crippen LogP contribution is -1.81. The molecule has 0 unspecified atom stereocenters. The molecule has 0 fully saturated rings. The molecule has 9 heavy (non-hydrogen) atoms. The topological polar surface area (TPSA) is 57.5 Å². The Kier molecular flexibility index (Phi) is 12.7. The van der Waals surface area contributed by atoms with Gasteiger partial charge in [0.1, 0.15) is 0 Å². The van der Waals surface area contributed by atoms with Crippen LogP contribution in [-0.4, -0.2) is 16.4 Å². The summed E-state index contributed by atoms with van der Waals surface area (Å²) < 4.78 is 0. The Bertz CT molecular complexity index is 55.3. The van der Waals surface area contributed by atoms with Crippen molar-refractivity contribution in [3.05, 3.63) is 0 Å². The van der Waals surface area contributed by atoms with E-state index in [0.29, 0.717) is 0 Å². The van der Waals surface area contributed by atoms with Crippen LogP contribution in [0.2, 0.25) is 0 Å². The lowest BCUT2D eigenvalue weighted by atomic mass is 10.3. The highest BCUT2D eigenvalue weighted by Gasteiger charge is 1.70. The van der Waals surface area contributed by atoms with Gasteiger partial charge >= 0.3 is 6.16 Å². The summed E-state index contributed by atoms with van der Waals surface area (Å²) in [5.41, 5.74) is 0. The van der Waals surface area contributed by atoms with Crippen molar-refractivity contribution in [3.63, 3.8) is 0 Å². The van der Waals surface area contributed by atoms with Crippen LogP contribution < -0.4 is 0 Å². The molecule has 0 saturated carbocycles. The second-order valence-corrected chi connectivity index (χ2v) is 1.64. The summed E-state index contributed by atoms with van der Waals surface area (Å²) in [6, 6.07) is 0. The summed E-state index contributed by atoms with van der Waals surface area (Å²) in [6.45, 7) is 4.42. The van der Waals surface area contributed by atoms with Crippen LogP contribution >= 0.6 is 0 Å². The maximum absolute atomic E-state index is 8.56. The van der Waals surface area contributed by atoms with E-state index in [1.54, 1.807) is 0 Å². The van der Waals surface area contributed by atoms with Crippen molar-refractivity contribution < 1.29 is 15.0 Å². The van der Waals surface area contributed by atoms with Gasteiger partial charge in [-0.15, -0.1) is 0 Å². The Hall–Kier alpha value is -0.730. The molecule has 56 valence electrons. The Morgan fingerprint density at radius 2 is 1.44 bits per heavy atom. The third kappa shape index (κ3) is 125. The predicted molar refractivity (Wildman–Crippen MR) is 35.9 cm³/mol. The number of carboxylic acid groups (broad SMARTS) is 2. The second kappa shape index (κ2) is 10.3. The first kappa shape index (κ1) is 11.1. The van der Waals surface area contributed by atoms with E-state index in [-0.39, 0.29) is 0 Å². The summed E-state index contributed by atoms with van der Waals surface area (Å²) in [6.07, 6.45) is 2.24. The van der Waals surface area contributed by atoms with Gasteiger partial charge in [0.15, 0.2) is 0 Å². The van der Waals surface area contributed by atoms with E-state index in [1.165, 1.54) is 19.3 Å². The first-order valence-electron chi connectivity index (χ1n) is 3.07. The van der Waals surface area contributed by atoms with Crippen LogP contribution in [0.3, 0.4) is 0 Å². The summed E-state index contributed by atoms with van der Waals surface area (Å²) in [4.78, 5) is 8.56. The maximum atomic E-state index is 8.56. The molecule has 0 radical (unpaired) electrons. The average molecular weight is 134 g/mol. The Morgan fingerprint density at radius 1 is 1.22 bits per heavy atom. The van der Waals surface area contributed by atoms with E-state index in [9.17, 15) is 0 Å². The lowest BCUT2D eigenvalue weighted by Gasteiger charge is -1.79. The number of hydrogen-bond donors (Lipinski definition) is 2. The smallest absolute Gasteiger partial charge is 0.450 e. The molecular weight excluding hydrogens is 120 g/mol. The van der Waals surface area contributed by atoms with Crippen molar-refractivity contribution in [1.29, 1.82) is 0 Å². The van der Waals surface area contributed by atoms with Crippen molar-refractivity contribution in [2.24, 2.45) is 0 Å². The van der Waals surface area contributed by atoms with Crippen LogP contribution in [-0.2, 0) is 0 Å². The normalized spacial score (nSPS) is 7.33. The summed E-state index contributed by atoms with van der Waals surface area (Å²) >= 11 is 0. The van der Waals surface area contributed by atoms with E-state index in [4.69, 9.17) is 15.0 Å². The van der Waals surface area contributed by atoms with E-state index >= 15 is 0 Å². The molecule has 0 heterocycles. The highest BCUT2D eigenvalue weighted by molar-refractivity contribution is 5.53. The number of hydrogen-bond acceptors (Lipinski definition) is 1. The monoisotopic (exact) mass is 134 g/mol. The van der Waals surface area contributed by atoms with Crippen LogP contribution in [0.5, 0.6) is 0 Å². The molecule has 0 rings (SSSR count). The zero-order valence-electron chi connectivity index (χ0n) is 5.92. The van der Waals surface area contributed by atoms with Gasteiger partial charge in [0.25, 0.3) is 0 Å². The fourth-order valence-corrected chi connectivity index (χ4v) is 0.354. The highest BCUT2D eigenvalue weighted by atomic mass is 16.6. The lowest BCUT2D eigenvalue weighted by molar-refractivity contribution is 0.137. The molecule has 0 aromatic rings. The largest absolute Gasteiger partial charge is 0.503 e. The third-order valence-electron chi connectivity index (χ3n) is 0.707. The van der Waals surface area contributed by atoms with Gasteiger partial charge in [-0.3, -0.25) is 0 Å². The number of carbonyl (C=O) groups is 1. The van der Waals surface area contributed by atoms with Gasteiger partial charge in [0.2, 0.25) is 0 Å². The molecular formula is C6H14O3. The van der Waals surface area contributed by atoms with Gasteiger partial charge < -0.3 is 10.2 Å². The Morgan fingerprint density at radius 3 is 1.44 bits per heavy atom. The van der Waals surface area contributed by atoms with Crippen LogP contribution in [0.15, 0.2) is 0 Å². The molecule has 0 saturated heterocycles. The van der Waals surface area contributed by atoms with Crippen molar-refractivity contribution in [2.75, 3.05) is 0 Å². The first-order chi connectivity index (χ1) is 4.15. The summed E-state index contributed by atoms with van der Waals surface area (Å²) in [5, 5.41) is 13.9. The van der Waals surface area contributed by atoms with Crippen LogP contribution in [0.25, 0.3) is 0 Å².